The summed E-state index contributed by atoms with van der Waals surface area (Å²) in [5, 5.41) is 25.5. The number of nitrogens with zero attached hydrogens (tertiary/aromatic N) is 1. The molecule has 0 fully saturated rings. The highest BCUT2D eigenvalue weighted by molar-refractivity contribution is 7.89. The van der Waals surface area contributed by atoms with Crippen molar-refractivity contribution in [3.05, 3.63) is 94.5 Å². The fourth-order valence-corrected chi connectivity index (χ4v) is 6.24. The predicted octanol–water partition coefficient (Wildman–Crippen LogP) is 5.77. The number of aliphatic hydroxyl groups excluding tert-OH is 1. The molecule has 15 heteroatoms. The molecule has 0 aromatic heterocycles. The Morgan fingerprint density at radius 1 is 0.900 bits per heavy atom. The smallest absolute Gasteiger partial charge is 0.497 e. The van der Waals surface area contributed by atoms with E-state index < -0.39 is 56.4 Å². The zero-order chi connectivity index (χ0) is 37.1. The minimum atomic E-state index is -4.20. The molecule has 14 nitrogen and oxygen atoms in total. The van der Waals surface area contributed by atoms with Crippen LogP contribution in [0.25, 0.3) is 0 Å². The Labute approximate surface area is 292 Å². The molecular formula is C35H45N3O11S. The maximum atomic E-state index is 13.7. The monoisotopic (exact) mass is 715 g/mol. The third kappa shape index (κ3) is 12.9. The van der Waals surface area contributed by atoms with E-state index in [4.69, 9.17) is 18.9 Å². The number of methoxy groups -OCH3 is 1. The van der Waals surface area contributed by atoms with Crippen LogP contribution in [-0.4, -0.2) is 68.2 Å². The van der Waals surface area contributed by atoms with Gasteiger partial charge in [0.15, 0.2) is 0 Å². The Morgan fingerprint density at radius 3 is 2.06 bits per heavy atom. The molecule has 0 bridgehead atoms. The Bertz CT molecular complexity index is 1680. The van der Waals surface area contributed by atoms with Crippen molar-refractivity contribution in [1.29, 1.82) is 0 Å². The van der Waals surface area contributed by atoms with Gasteiger partial charge in [-0.15, -0.1) is 0 Å². The first-order chi connectivity index (χ1) is 23.4. The summed E-state index contributed by atoms with van der Waals surface area (Å²) >= 11 is 0. The molecule has 0 saturated heterocycles. The van der Waals surface area contributed by atoms with Crippen LogP contribution in [0.1, 0.15) is 53.0 Å². The lowest BCUT2D eigenvalue weighted by molar-refractivity contribution is -0.384. The average Bonchev–Trinajstić information content (AvgIpc) is 3.03. The van der Waals surface area contributed by atoms with Crippen LogP contribution in [0.5, 0.6) is 11.5 Å². The van der Waals surface area contributed by atoms with Crippen molar-refractivity contribution in [3.63, 3.8) is 0 Å². The molecule has 272 valence electrons. The summed E-state index contributed by atoms with van der Waals surface area (Å²) in [6, 6.07) is 17.6. The fourth-order valence-electron chi connectivity index (χ4n) is 4.99. The quantitative estimate of drug-likeness (QED) is 0.0706. The molecule has 1 unspecified atom stereocenters. The maximum absolute atomic E-state index is 13.7. The van der Waals surface area contributed by atoms with Crippen molar-refractivity contribution < 1.29 is 47.0 Å². The third-order valence-electron chi connectivity index (χ3n) is 7.52. The third-order valence-corrected chi connectivity index (χ3v) is 9.03. The average molecular weight is 716 g/mol. The van der Waals surface area contributed by atoms with Crippen LogP contribution >= 0.6 is 0 Å². The molecule has 3 atom stereocenters. The van der Waals surface area contributed by atoms with Gasteiger partial charge in [0.2, 0.25) is 10.0 Å². The van der Waals surface area contributed by atoms with Crippen LogP contribution in [0.15, 0.2) is 83.8 Å². The lowest BCUT2D eigenvalue weighted by Gasteiger charge is -2.36. The van der Waals surface area contributed by atoms with Gasteiger partial charge in [0, 0.05) is 12.1 Å². The van der Waals surface area contributed by atoms with Crippen LogP contribution in [0.3, 0.4) is 0 Å². The highest BCUT2D eigenvalue weighted by Gasteiger charge is 2.37. The second-order valence-electron chi connectivity index (χ2n) is 13.4. The number of amides is 1. The molecule has 0 saturated carbocycles. The van der Waals surface area contributed by atoms with Crippen molar-refractivity contribution in [1.82, 2.24) is 10.0 Å². The number of alkyl carbamates (subject to hydrolysis) is 1. The number of carbonyl (C=O) groups excluding carboxylic acids is 2. The maximum Gasteiger partial charge on any atom is 0.513 e. The lowest BCUT2D eigenvalue weighted by atomic mass is 9.80. The van der Waals surface area contributed by atoms with Crippen LogP contribution in [0.4, 0.5) is 15.3 Å². The molecule has 3 rings (SSSR count). The van der Waals surface area contributed by atoms with Crippen LogP contribution in [-0.2, 0) is 25.9 Å². The number of nitro benzene ring substituents is 1. The van der Waals surface area contributed by atoms with Gasteiger partial charge < -0.3 is 29.4 Å². The van der Waals surface area contributed by atoms with Gasteiger partial charge in [0.25, 0.3) is 5.69 Å². The Hall–Kier alpha value is -4.73. The second kappa shape index (κ2) is 17.3. The SMILES string of the molecule is COc1ccc(S(=O)(=O)NC(CC(C)(C)CCOC(=O)Oc2ccc([N+](=O)[O-])cc2)[C@H](O)[C@H](Cc2ccccc2)NC(=O)OC(C)(C)C)cc1. The van der Waals surface area contributed by atoms with E-state index >= 15 is 0 Å². The number of aliphatic hydroxyl groups is 1. The minimum Gasteiger partial charge on any atom is -0.497 e. The van der Waals surface area contributed by atoms with Crippen LogP contribution < -0.4 is 19.5 Å². The summed E-state index contributed by atoms with van der Waals surface area (Å²) < 4.78 is 50.9. The minimum absolute atomic E-state index is 0.0472. The molecule has 0 heterocycles. The fraction of sp³-hybridized carbons (Fsp3) is 0.429. The Kier molecular flexibility index (Phi) is 13.7. The van der Waals surface area contributed by atoms with E-state index in [-0.39, 0.29) is 42.2 Å². The van der Waals surface area contributed by atoms with E-state index in [0.29, 0.717) is 5.75 Å². The molecule has 0 aliphatic carbocycles. The summed E-state index contributed by atoms with van der Waals surface area (Å²) in [6.45, 7) is 8.60. The van der Waals surface area contributed by atoms with Gasteiger partial charge in [0.1, 0.15) is 17.1 Å². The van der Waals surface area contributed by atoms with E-state index in [0.717, 1.165) is 5.56 Å². The number of hydrogen-bond donors (Lipinski definition) is 3. The number of benzene rings is 3. The van der Waals surface area contributed by atoms with E-state index in [1.54, 1.807) is 20.8 Å². The van der Waals surface area contributed by atoms with Gasteiger partial charge >= 0.3 is 12.2 Å². The summed E-state index contributed by atoms with van der Waals surface area (Å²) in [5.74, 6) is 0.510. The summed E-state index contributed by atoms with van der Waals surface area (Å²) in [6.07, 6.45) is -2.85. The molecular weight excluding hydrogens is 670 g/mol. The van der Waals surface area contributed by atoms with Gasteiger partial charge in [-0.3, -0.25) is 10.1 Å². The van der Waals surface area contributed by atoms with Crippen LogP contribution in [0.2, 0.25) is 0 Å². The summed E-state index contributed by atoms with van der Waals surface area (Å²) in [5.41, 5.74) is -0.962. The molecule has 0 aliphatic heterocycles. The number of nitrogens with one attached hydrogen (secondary N) is 2. The molecule has 0 radical (unpaired) electrons. The number of nitro groups is 1. The van der Waals surface area contributed by atoms with E-state index in [9.17, 15) is 33.2 Å². The molecule has 50 heavy (non-hydrogen) atoms. The Morgan fingerprint density at radius 2 is 1.50 bits per heavy atom. The lowest BCUT2D eigenvalue weighted by Crippen LogP contribution is -2.56. The first-order valence-electron chi connectivity index (χ1n) is 15.8. The molecule has 3 N–H and O–H groups in total. The van der Waals surface area contributed by atoms with Crippen molar-refractivity contribution in [3.8, 4) is 11.5 Å². The highest BCUT2D eigenvalue weighted by Crippen LogP contribution is 2.30. The predicted molar refractivity (Wildman–Crippen MR) is 185 cm³/mol. The normalized spacial score (nSPS) is 13.7. The molecule has 0 aliphatic rings. The van der Waals surface area contributed by atoms with E-state index in [1.165, 1.54) is 55.6 Å². The number of non-ortho nitro benzene ring substituents is 1. The zero-order valence-electron chi connectivity index (χ0n) is 29.0. The number of rotatable bonds is 16. The number of sulfonamides is 1. The molecule has 3 aromatic carbocycles. The van der Waals surface area contributed by atoms with Crippen molar-refractivity contribution >= 4 is 28.0 Å². The number of hydrogen-bond acceptors (Lipinski definition) is 11. The molecule has 1 amide bonds. The van der Waals surface area contributed by atoms with E-state index in [1.807, 2.05) is 44.2 Å². The molecule has 3 aromatic rings. The standard InChI is InChI=1S/C35H45N3O11S/c1-34(2,3)49-32(40)36-29(22-24-10-8-7-9-11-24)31(39)30(37-50(44,45)28-18-16-26(46-6)17-19-28)23-35(4,5)20-21-47-33(41)48-27-14-12-25(13-15-27)38(42)43/h7-19,29-31,37,39H,20-23H2,1-6H3,(H,36,40)/t29-,30?,31+/m0/s1. The zero-order valence-corrected chi connectivity index (χ0v) is 29.8. The van der Waals surface area contributed by atoms with Gasteiger partial charge in [-0.2, -0.15) is 0 Å². The Balaban J connectivity index is 1.83. The topological polar surface area (TPSA) is 193 Å². The number of ether oxygens (including phenoxy) is 4. The van der Waals surface area contributed by atoms with Crippen molar-refractivity contribution in [2.75, 3.05) is 13.7 Å². The number of carbonyl (C=O) groups is 2. The van der Waals surface area contributed by atoms with Crippen molar-refractivity contribution in [2.24, 2.45) is 5.41 Å². The molecule has 0 spiro atoms. The van der Waals surface area contributed by atoms with E-state index in [2.05, 4.69) is 10.0 Å². The highest BCUT2D eigenvalue weighted by atomic mass is 32.2. The first-order valence-corrected chi connectivity index (χ1v) is 17.3. The summed E-state index contributed by atoms with van der Waals surface area (Å²) in [4.78, 5) is 35.5. The van der Waals surface area contributed by atoms with Gasteiger partial charge in [-0.25, -0.2) is 22.7 Å². The first kappa shape index (κ1) is 39.7. The van der Waals surface area contributed by atoms with Gasteiger partial charge in [0.05, 0.1) is 41.7 Å². The largest absolute Gasteiger partial charge is 0.513 e. The van der Waals surface area contributed by atoms with Gasteiger partial charge in [-0.1, -0.05) is 44.2 Å². The van der Waals surface area contributed by atoms with Gasteiger partial charge in [-0.05, 0) is 87.4 Å². The van der Waals surface area contributed by atoms with Crippen molar-refractivity contribution in [2.45, 2.75) is 82.6 Å². The summed E-state index contributed by atoms with van der Waals surface area (Å²) in [7, 11) is -2.74. The van der Waals surface area contributed by atoms with Crippen LogP contribution in [0, 0.1) is 15.5 Å². The second-order valence-corrected chi connectivity index (χ2v) is 15.1.